The van der Waals surface area contributed by atoms with Crippen LogP contribution in [-0.4, -0.2) is 0 Å². The molecule has 6 heteroatoms. The van der Waals surface area contributed by atoms with E-state index in [0.29, 0.717) is 0 Å². The molecule has 0 saturated carbocycles. The van der Waals surface area contributed by atoms with Crippen LogP contribution in [0.5, 0.6) is 0 Å². The predicted octanol–water partition coefficient (Wildman–Crippen LogP) is 5.15. The zero-order valence-corrected chi connectivity index (χ0v) is 13.7. The molecule has 0 fully saturated rings. The highest BCUT2D eigenvalue weighted by Crippen LogP contribution is 2.38. The maximum absolute atomic E-state index is 6.19. The van der Waals surface area contributed by atoms with Crippen LogP contribution in [0.25, 0.3) is 0 Å². The molecular weight excluding hydrogens is 426 g/mol. The summed E-state index contributed by atoms with van der Waals surface area (Å²) < 4.78 is 3.29. The third kappa shape index (κ3) is 2.73. The fraction of sp³-hybridized carbons (Fsp3) is 0.111. The van der Waals surface area contributed by atoms with E-state index in [0.717, 1.165) is 22.5 Å². The molecule has 2 N–H and O–H groups in total. The summed E-state index contributed by atoms with van der Waals surface area (Å²) in [4.78, 5) is 0. The van der Waals surface area contributed by atoms with Gasteiger partial charge in [0.25, 0.3) is 0 Å². The summed E-state index contributed by atoms with van der Waals surface area (Å²) in [5, 5.41) is 2.08. The summed E-state index contributed by atoms with van der Waals surface area (Å²) in [5.74, 6) is 0. The van der Waals surface area contributed by atoms with E-state index in [1.54, 1.807) is 22.7 Å². The molecule has 80 valence electrons. The molecule has 1 nitrogen and oxygen atoms in total. The summed E-state index contributed by atoms with van der Waals surface area (Å²) in [6.07, 6.45) is 0. The van der Waals surface area contributed by atoms with E-state index >= 15 is 0 Å². The molecule has 0 saturated heterocycles. The first kappa shape index (κ1) is 12.3. The molecule has 0 aliphatic carbocycles. The second-order valence-electron chi connectivity index (χ2n) is 2.94. The van der Waals surface area contributed by atoms with Crippen LogP contribution < -0.4 is 5.73 Å². The maximum Gasteiger partial charge on any atom is 0.0761 e. The lowest BCUT2D eigenvalue weighted by atomic mass is 10.1. The molecule has 0 aliphatic heterocycles. The van der Waals surface area contributed by atoms with E-state index < -0.39 is 0 Å². The molecule has 15 heavy (non-hydrogen) atoms. The Morgan fingerprint density at radius 3 is 2.33 bits per heavy atom. The highest BCUT2D eigenvalue weighted by molar-refractivity contribution is 9.12. The number of hydrogen-bond donors (Lipinski definition) is 1. The fourth-order valence-corrected chi connectivity index (χ4v) is 5.37. The molecule has 0 aromatic carbocycles. The quantitative estimate of drug-likeness (QED) is 0.699. The standard InChI is InChI=1S/C9H6Br3NS2/c10-6-1-4(3-14-6)8(13)5-2-7(11)15-9(5)12/h1-3,8H,13H2. The van der Waals surface area contributed by atoms with Gasteiger partial charge in [-0.05, 0) is 76.4 Å². The molecular formula is C9H6Br3NS2. The van der Waals surface area contributed by atoms with Crippen molar-refractivity contribution in [2.45, 2.75) is 6.04 Å². The third-order valence-corrected chi connectivity index (χ3v) is 5.87. The minimum atomic E-state index is -0.0653. The Morgan fingerprint density at radius 2 is 1.87 bits per heavy atom. The van der Waals surface area contributed by atoms with Gasteiger partial charge in [-0.2, -0.15) is 0 Å². The van der Waals surface area contributed by atoms with Crippen molar-refractivity contribution in [3.8, 4) is 0 Å². The van der Waals surface area contributed by atoms with E-state index in [1.165, 1.54) is 0 Å². The summed E-state index contributed by atoms with van der Waals surface area (Å²) in [6, 6.07) is 4.06. The molecule has 1 unspecified atom stereocenters. The summed E-state index contributed by atoms with van der Waals surface area (Å²) in [6.45, 7) is 0. The molecule has 0 radical (unpaired) electrons. The molecule has 0 bridgehead atoms. The monoisotopic (exact) mass is 429 g/mol. The van der Waals surface area contributed by atoms with E-state index in [2.05, 4.69) is 65.3 Å². The molecule has 0 amide bonds. The van der Waals surface area contributed by atoms with E-state index in [1.807, 2.05) is 0 Å². The fourth-order valence-electron chi connectivity index (χ4n) is 1.23. The molecule has 0 aliphatic rings. The largest absolute Gasteiger partial charge is 0.320 e. The third-order valence-electron chi connectivity index (χ3n) is 1.96. The highest BCUT2D eigenvalue weighted by Gasteiger charge is 2.16. The van der Waals surface area contributed by atoms with Gasteiger partial charge in [-0.15, -0.1) is 22.7 Å². The van der Waals surface area contributed by atoms with Crippen LogP contribution in [0, 0.1) is 0 Å². The van der Waals surface area contributed by atoms with Crippen molar-refractivity contribution in [1.29, 1.82) is 0 Å². The van der Waals surface area contributed by atoms with Gasteiger partial charge >= 0.3 is 0 Å². The van der Waals surface area contributed by atoms with Gasteiger partial charge in [0.1, 0.15) is 0 Å². The minimum Gasteiger partial charge on any atom is -0.320 e. The Kier molecular flexibility index (Phi) is 4.07. The first-order valence-electron chi connectivity index (χ1n) is 4.02. The Balaban J connectivity index is 2.35. The molecule has 2 aromatic heterocycles. The van der Waals surface area contributed by atoms with Gasteiger partial charge in [0.15, 0.2) is 0 Å². The second-order valence-corrected chi connectivity index (χ2v) is 8.98. The Labute approximate surface area is 121 Å². The topological polar surface area (TPSA) is 26.0 Å². The van der Waals surface area contributed by atoms with Gasteiger partial charge in [-0.25, -0.2) is 0 Å². The van der Waals surface area contributed by atoms with Crippen LogP contribution in [0.15, 0.2) is 28.9 Å². The van der Waals surface area contributed by atoms with Crippen LogP contribution in [-0.2, 0) is 0 Å². The van der Waals surface area contributed by atoms with Crippen molar-refractivity contribution in [3.05, 3.63) is 40.0 Å². The predicted molar refractivity (Wildman–Crippen MR) is 77.8 cm³/mol. The van der Waals surface area contributed by atoms with Gasteiger partial charge in [0.05, 0.1) is 17.4 Å². The van der Waals surface area contributed by atoms with Gasteiger partial charge in [-0.3, -0.25) is 0 Å². The van der Waals surface area contributed by atoms with Gasteiger partial charge in [0.2, 0.25) is 0 Å². The lowest BCUT2D eigenvalue weighted by molar-refractivity contribution is 0.877. The molecule has 2 rings (SSSR count). The van der Waals surface area contributed by atoms with Crippen molar-refractivity contribution in [3.63, 3.8) is 0 Å². The zero-order valence-electron chi connectivity index (χ0n) is 7.34. The Morgan fingerprint density at radius 1 is 1.13 bits per heavy atom. The van der Waals surface area contributed by atoms with Crippen molar-refractivity contribution in [1.82, 2.24) is 0 Å². The van der Waals surface area contributed by atoms with Gasteiger partial charge in [0, 0.05) is 0 Å². The highest BCUT2D eigenvalue weighted by atomic mass is 79.9. The minimum absolute atomic E-state index is 0.0653. The normalized spacial score (nSPS) is 13.1. The van der Waals surface area contributed by atoms with Crippen LogP contribution in [0.2, 0.25) is 0 Å². The number of rotatable bonds is 2. The lowest BCUT2D eigenvalue weighted by Crippen LogP contribution is -2.10. The second kappa shape index (κ2) is 4.98. The van der Waals surface area contributed by atoms with Gasteiger partial charge in [-0.1, -0.05) is 0 Å². The lowest BCUT2D eigenvalue weighted by Gasteiger charge is -2.08. The summed E-state index contributed by atoms with van der Waals surface area (Å²) in [5.41, 5.74) is 8.44. The zero-order chi connectivity index (χ0) is 11.0. The van der Waals surface area contributed by atoms with Crippen LogP contribution in [0.4, 0.5) is 0 Å². The number of thiophene rings is 2. The van der Waals surface area contributed by atoms with Crippen molar-refractivity contribution in [2.75, 3.05) is 0 Å². The van der Waals surface area contributed by atoms with E-state index in [9.17, 15) is 0 Å². The molecule has 2 aromatic rings. The first-order valence-corrected chi connectivity index (χ1v) is 8.09. The summed E-state index contributed by atoms with van der Waals surface area (Å²) >= 11 is 13.7. The average molecular weight is 432 g/mol. The number of hydrogen-bond acceptors (Lipinski definition) is 3. The maximum atomic E-state index is 6.19. The summed E-state index contributed by atoms with van der Waals surface area (Å²) in [7, 11) is 0. The van der Waals surface area contributed by atoms with Gasteiger partial charge < -0.3 is 5.73 Å². The van der Waals surface area contributed by atoms with E-state index in [-0.39, 0.29) is 6.04 Å². The molecule has 1 atom stereocenters. The van der Waals surface area contributed by atoms with Crippen molar-refractivity contribution >= 4 is 70.5 Å². The smallest absolute Gasteiger partial charge is 0.0761 e. The van der Waals surface area contributed by atoms with Crippen LogP contribution in [0.3, 0.4) is 0 Å². The first-order chi connectivity index (χ1) is 7.08. The van der Waals surface area contributed by atoms with Crippen molar-refractivity contribution < 1.29 is 0 Å². The van der Waals surface area contributed by atoms with Crippen LogP contribution >= 0.6 is 70.5 Å². The van der Waals surface area contributed by atoms with Crippen LogP contribution in [0.1, 0.15) is 17.2 Å². The number of halogens is 3. The van der Waals surface area contributed by atoms with Crippen molar-refractivity contribution in [2.24, 2.45) is 5.73 Å². The Bertz CT molecular complexity index is 477. The molecule has 2 heterocycles. The average Bonchev–Trinajstić information content (AvgIpc) is 2.71. The SMILES string of the molecule is NC(c1csc(Br)c1)c1cc(Br)sc1Br. The van der Waals surface area contributed by atoms with E-state index in [4.69, 9.17) is 5.73 Å². The number of nitrogens with two attached hydrogens (primary N) is 1. The Hall–Kier alpha value is 0.800. The molecule has 0 spiro atoms.